The van der Waals surface area contributed by atoms with Gasteiger partial charge in [0.2, 0.25) is 0 Å². The molecule has 5 saturated carbocycles. The van der Waals surface area contributed by atoms with Crippen LogP contribution in [0.3, 0.4) is 0 Å². The number of hydrogen-bond acceptors (Lipinski definition) is 3. The third-order valence-corrected chi connectivity index (χ3v) is 9.64. The summed E-state index contributed by atoms with van der Waals surface area (Å²) in [5.41, 5.74) is -0.620. The van der Waals surface area contributed by atoms with Crippen molar-refractivity contribution in [2.24, 2.45) is 46.8 Å². The van der Waals surface area contributed by atoms with Crippen LogP contribution in [0, 0.1) is 58.7 Å². The molecule has 5 aliphatic rings. The van der Waals surface area contributed by atoms with Crippen LogP contribution in [-0.2, 0) is 4.79 Å². The fourth-order valence-corrected chi connectivity index (χ4v) is 8.10. The zero-order valence-corrected chi connectivity index (χ0v) is 17.3. The van der Waals surface area contributed by atoms with Gasteiger partial charge in [0.1, 0.15) is 12.2 Å². The third kappa shape index (κ3) is 3.07. The average Bonchev–Trinajstić information content (AvgIpc) is 3.45. The summed E-state index contributed by atoms with van der Waals surface area (Å²) >= 11 is 0. The molecule has 3 nitrogen and oxygen atoms in total. The van der Waals surface area contributed by atoms with Gasteiger partial charge in [-0.25, -0.2) is 0 Å². The van der Waals surface area contributed by atoms with Gasteiger partial charge in [-0.2, -0.15) is 0 Å². The summed E-state index contributed by atoms with van der Waals surface area (Å²) in [5, 5.41) is 20.5. The fourth-order valence-electron chi connectivity index (χ4n) is 8.10. The van der Waals surface area contributed by atoms with E-state index in [1.807, 2.05) is 0 Å². The van der Waals surface area contributed by atoms with E-state index >= 15 is 0 Å². The predicted molar refractivity (Wildman–Crippen MR) is 108 cm³/mol. The van der Waals surface area contributed by atoms with Gasteiger partial charge < -0.3 is 10.2 Å². The van der Waals surface area contributed by atoms with Gasteiger partial charge >= 0.3 is 0 Å². The van der Waals surface area contributed by atoms with Crippen molar-refractivity contribution in [1.82, 2.24) is 0 Å². The first-order valence-electron chi connectivity index (χ1n) is 11.8. The zero-order chi connectivity index (χ0) is 19.5. The third-order valence-electron chi connectivity index (χ3n) is 9.64. The topological polar surface area (TPSA) is 57.5 Å². The van der Waals surface area contributed by atoms with Gasteiger partial charge in [0.15, 0.2) is 5.78 Å². The molecule has 0 amide bonds. The smallest absolute Gasteiger partial charge is 0.161 e. The van der Waals surface area contributed by atoms with Crippen LogP contribution < -0.4 is 0 Å². The Labute approximate surface area is 169 Å². The molecule has 0 aliphatic heterocycles. The van der Waals surface area contributed by atoms with Crippen molar-refractivity contribution in [2.45, 2.75) is 83.2 Å². The highest BCUT2D eigenvalue weighted by atomic mass is 16.3. The van der Waals surface area contributed by atoms with Crippen molar-refractivity contribution in [3.05, 3.63) is 0 Å². The van der Waals surface area contributed by atoms with Crippen LogP contribution in [0.5, 0.6) is 0 Å². The molecule has 3 heteroatoms. The Bertz CT molecular complexity index is 700. The van der Waals surface area contributed by atoms with E-state index in [-0.39, 0.29) is 23.7 Å². The van der Waals surface area contributed by atoms with Crippen LogP contribution in [0.4, 0.5) is 0 Å². The van der Waals surface area contributed by atoms with E-state index in [0.717, 1.165) is 49.9 Å². The number of Topliss-reactive ketones (excluding diaryl/α,β-unsaturated/α-hetero) is 1. The quantitative estimate of drug-likeness (QED) is 0.709. The minimum atomic E-state index is -0.730. The molecule has 8 atom stereocenters. The molecule has 0 aromatic heterocycles. The molecule has 5 rings (SSSR count). The Morgan fingerprint density at radius 1 is 0.964 bits per heavy atom. The number of ketones is 1. The van der Waals surface area contributed by atoms with E-state index < -0.39 is 5.60 Å². The molecule has 0 spiro atoms. The first-order valence-corrected chi connectivity index (χ1v) is 11.8. The second kappa shape index (κ2) is 6.85. The number of aliphatic hydroxyl groups excluding tert-OH is 1. The molecule has 28 heavy (non-hydrogen) atoms. The summed E-state index contributed by atoms with van der Waals surface area (Å²) in [6.45, 7) is 2.06. The second-order valence-corrected chi connectivity index (χ2v) is 11.1. The molecule has 0 aromatic rings. The zero-order valence-electron chi connectivity index (χ0n) is 17.3. The van der Waals surface area contributed by atoms with Gasteiger partial charge in [-0.1, -0.05) is 18.8 Å². The highest BCUT2D eigenvalue weighted by Crippen LogP contribution is 2.64. The van der Waals surface area contributed by atoms with Gasteiger partial charge in [-0.15, -0.1) is 0 Å². The molecule has 154 valence electrons. The van der Waals surface area contributed by atoms with Crippen molar-refractivity contribution in [3.8, 4) is 11.8 Å². The van der Waals surface area contributed by atoms with Crippen LogP contribution in [0.1, 0.15) is 77.6 Å². The minimum Gasteiger partial charge on any atom is -0.389 e. The maximum Gasteiger partial charge on any atom is 0.161 e. The van der Waals surface area contributed by atoms with E-state index in [1.165, 1.54) is 38.5 Å². The molecular weight excluding hydrogens is 348 g/mol. The maximum absolute atomic E-state index is 12.4. The Morgan fingerprint density at radius 3 is 2.50 bits per heavy atom. The van der Waals surface area contributed by atoms with E-state index in [0.29, 0.717) is 17.8 Å². The molecule has 2 N–H and O–H groups in total. The van der Waals surface area contributed by atoms with Gasteiger partial charge in [-0.05, 0) is 106 Å². The Balaban J connectivity index is 1.31. The normalized spacial score (nSPS) is 50.0. The molecule has 0 saturated heterocycles. The molecule has 0 bridgehead atoms. The average molecular weight is 385 g/mol. The predicted octanol–water partition coefficient (Wildman–Crippen LogP) is 3.96. The summed E-state index contributed by atoms with van der Waals surface area (Å²) in [7, 11) is 0. The number of hydrogen-bond donors (Lipinski definition) is 2. The van der Waals surface area contributed by atoms with Crippen LogP contribution >= 0.6 is 0 Å². The number of fused-ring (bicyclic) bond motifs is 5. The number of carbonyl (C=O) groups is 1. The summed E-state index contributed by atoms with van der Waals surface area (Å²) < 4.78 is 0. The lowest BCUT2D eigenvalue weighted by Gasteiger charge is -2.56. The molecular formula is C25H36O3. The van der Waals surface area contributed by atoms with Crippen molar-refractivity contribution in [3.63, 3.8) is 0 Å². The van der Waals surface area contributed by atoms with Crippen molar-refractivity contribution in [2.75, 3.05) is 6.61 Å². The molecule has 0 unspecified atom stereocenters. The molecule has 5 aliphatic carbocycles. The van der Waals surface area contributed by atoms with Crippen LogP contribution in [0.15, 0.2) is 0 Å². The number of carbonyl (C=O) groups excluding carboxylic acids is 1. The molecule has 5 fully saturated rings. The highest BCUT2D eigenvalue weighted by molar-refractivity contribution is 5.83. The summed E-state index contributed by atoms with van der Waals surface area (Å²) in [6.07, 6.45) is 12.3. The summed E-state index contributed by atoms with van der Waals surface area (Å²) in [6, 6.07) is 0. The van der Waals surface area contributed by atoms with Gasteiger partial charge in [0, 0.05) is 11.8 Å². The van der Waals surface area contributed by atoms with E-state index in [2.05, 4.69) is 18.8 Å². The van der Waals surface area contributed by atoms with Crippen LogP contribution in [-0.4, -0.2) is 28.2 Å². The van der Waals surface area contributed by atoms with Gasteiger partial charge in [0.25, 0.3) is 0 Å². The summed E-state index contributed by atoms with van der Waals surface area (Å²) in [4.78, 5) is 12.4. The van der Waals surface area contributed by atoms with E-state index in [1.54, 1.807) is 0 Å². The lowest BCUT2D eigenvalue weighted by molar-refractivity contribution is -0.134. The van der Waals surface area contributed by atoms with Crippen molar-refractivity contribution in [1.29, 1.82) is 0 Å². The Kier molecular flexibility index (Phi) is 4.68. The second-order valence-electron chi connectivity index (χ2n) is 11.1. The monoisotopic (exact) mass is 384 g/mol. The SMILES string of the molecule is C[C@]12CC[C@H]3[C@@H](CC[C@H]4C[C@](O)(C#CC5CC5)CC[C@@H]43)[C@@H]1CC[C@@H]2C(=O)CO. The molecule has 0 heterocycles. The van der Waals surface area contributed by atoms with Crippen molar-refractivity contribution < 1.29 is 15.0 Å². The minimum absolute atomic E-state index is 0.0779. The number of aliphatic hydroxyl groups is 2. The van der Waals surface area contributed by atoms with Crippen LogP contribution in [0.25, 0.3) is 0 Å². The highest BCUT2D eigenvalue weighted by Gasteiger charge is 2.58. The fraction of sp³-hybridized carbons (Fsp3) is 0.880. The lowest BCUT2D eigenvalue weighted by Crippen LogP contribution is -2.51. The first kappa shape index (κ1) is 19.1. The number of rotatable bonds is 2. The van der Waals surface area contributed by atoms with E-state index in [9.17, 15) is 15.0 Å². The van der Waals surface area contributed by atoms with Crippen molar-refractivity contribution >= 4 is 5.78 Å². The Hall–Kier alpha value is -0.850. The largest absolute Gasteiger partial charge is 0.389 e. The molecule has 0 radical (unpaired) electrons. The maximum atomic E-state index is 12.4. The molecule has 0 aromatic carbocycles. The Morgan fingerprint density at radius 2 is 1.75 bits per heavy atom. The van der Waals surface area contributed by atoms with Gasteiger partial charge in [-0.3, -0.25) is 4.79 Å². The standard InChI is InChI=1S/C25H36O3/c1-24-11-9-19-18-10-13-25(28,12-8-16-2-3-16)14-17(18)4-5-20(19)21(24)6-7-22(24)23(27)15-26/h16-22,26,28H,2-7,9-11,13-15H2,1H3/t17-,18-,19+,20+,21-,22+,24-,25-/m0/s1. The van der Waals surface area contributed by atoms with Crippen LogP contribution in [0.2, 0.25) is 0 Å². The summed E-state index contributed by atoms with van der Waals surface area (Å²) in [5.74, 6) is 10.9. The van der Waals surface area contributed by atoms with E-state index in [4.69, 9.17) is 0 Å². The first-order chi connectivity index (χ1) is 13.4. The lowest BCUT2D eigenvalue weighted by atomic mass is 9.49. The van der Waals surface area contributed by atoms with Gasteiger partial charge in [0.05, 0.1) is 0 Å².